The van der Waals surface area contributed by atoms with Crippen molar-refractivity contribution >= 4 is 23.6 Å². The van der Waals surface area contributed by atoms with Gasteiger partial charge in [0.25, 0.3) is 0 Å². The molecule has 0 aliphatic carbocycles. The zero-order valence-electron chi connectivity index (χ0n) is 19.5. The molecule has 5 heteroatoms. The summed E-state index contributed by atoms with van der Waals surface area (Å²) < 4.78 is 0. The molecule has 0 saturated heterocycles. The predicted molar refractivity (Wildman–Crippen MR) is 130 cm³/mol. The summed E-state index contributed by atoms with van der Waals surface area (Å²) in [6.07, 6.45) is 0.991. The number of carbonyl (C=O) groups is 2. The second-order valence-electron chi connectivity index (χ2n) is 8.42. The first-order valence-electron chi connectivity index (χ1n) is 11.1. The van der Waals surface area contributed by atoms with Gasteiger partial charge >= 0.3 is 0 Å². The van der Waals surface area contributed by atoms with Crippen molar-refractivity contribution in [2.24, 2.45) is 5.92 Å². The maximum atomic E-state index is 13.3. The van der Waals surface area contributed by atoms with Crippen LogP contribution < -0.4 is 5.32 Å². The Morgan fingerprint density at radius 1 is 1.03 bits per heavy atom. The van der Waals surface area contributed by atoms with Gasteiger partial charge < -0.3 is 10.2 Å². The molecule has 2 rings (SSSR count). The summed E-state index contributed by atoms with van der Waals surface area (Å²) in [6.45, 7) is 11.3. The Bertz CT molecular complexity index is 849. The van der Waals surface area contributed by atoms with Crippen molar-refractivity contribution in [3.63, 3.8) is 0 Å². The summed E-state index contributed by atoms with van der Waals surface area (Å²) in [4.78, 5) is 29.1. The molecule has 0 fully saturated rings. The molecular formula is C26H36N2O2S. The molecule has 0 unspecified atom stereocenters. The van der Waals surface area contributed by atoms with E-state index >= 15 is 0 Å². The lowest BCUT2D eigenvalue weighted by Gasteiger charge is -2.31. The van der Waals surface area contributed by atoms with E-state index in [2.05, 4.69) is 50.4 Å². The average molecular weight is 441 g/mol. The van der Waals surface area contributed by atoms with E-state index in [0.717, 1.165) is 16.0 Å². The number of carbonyl (C=O) groups excluding carboxylic acids is 2. The Hall–Kier alpha value is -2.27. The number of thioether (sulfide) groups is 1. The molecule has 2 amide bonds. The highest BCUT2D eigenvalue weighted by atomic mass is 32.2. The third-order valence-electron chi connectivity index (χ3n) is 5.28. The van der Waals surface area contributed by atoms with Gasteiger partial charge in [0.05, 0.1) is 0 Å². The second-order valence-corrected chi connectivity index (χ2v) is 9.59. The minimum Gasteiger partial charge on any atom is -0.354 e. The van der Waals surface area contributed by atoms with E-state index in [4.69, 9.17) is 0 Å². The summed E-state index contributed by atoms with van der Waals surface area (Å²) in [5, 5.41) is 3.02. The highest BCUT2D eigenvalue weighted by Gasteiger charge is 2.28. The standard InChI is InChI=1S/C26H36N2O2S/c1-6-24(26(30)27-17-19(2)3)28(18-22-10-8-7-9-21(22)5)25(29)15-16-31-23-13-11-20(4)12-14-23/h7-14,19,24H,6,15-18H2,1-5H3,(H,27,30)/t24-/m1/s1. The molecule has 168 valence electrons. The van der Waals surface area contributed by atoms with Gasteiger partial charge in [-0.3, -0.25) is 9.59 Å². The van der Waals surface area contributed by atoms with Crippen molar-refractivity contribution in [3.8, 4) is 0 Å². The first-order valence-corrected chi connectivity index (χ1v) is 12.1. The Morgan fingerprint density at radius 2 is 1.71 bits per heavy atom. The zero-order valence-corrected chi connectivity index (χ0v) is 20.3. The van der Waals surface area contributed by atoms with Crippen molar-refractivity contribution in [1.82, 2.24) is 10.2 Å². The summed E-state index contributed by atoms with van der Waals surface area (Å²) in [7, 11) is 0. The van der Waals surface area contributed by atoms with E-state index in [9.17, 15) is 9.59 Å². The Kier molecular flexibility index (Phi) is 10.1. The van der Waals surface area contributed by atoms with Crippen LogP contribution in [0, 0.1) is 19.8 Å². The number of nitrogens with zero attached hydrogens (tertiary/aromatic N) is 1. The topological polar surface area (TPSA) is 49.4 Å². The molecule has 0 aromatic heterocycles. The molecule has 0 bridgehead atoms. The fourth-order valence-electron chi connectivity index (χ4n) is 3.35. The number of benzene rings is 2. The SMILES string of the molecule is CC[C@H](C(=O)NCC(C)C)N(Cc1ccccc1C)C(=O)CCSc1ccc(C)cc1. The number of nitrogens with one attached hydrogen (secondary N) is 1. The molecule has 0 heterocycles. The van der Waals surface area contributed by atoms with Gasteiger partial charge in [-0.2, -0.15) is 0 Å². The van der Waals surface area contributed by atoms with Crippen LogP contribution in [0.2, 0.25) is 0 Å². The quantitative estimate of drug-likeness (QED) is 0.478. The van der Waals surface area contributed by atoms with Crippen LogP contribution in [0.1, 0.15) is 50.3 Å². The molecule has 0 aliphatic rings. The van der Waals surface area contributed by atoms with Gasteiger partial charge in [-0.05, 0) is 49.4 Å². The maximum absolute atomic E-state index is 13.3. The summed E-state index contributed by atoms with van der Waals surface area (Å²) in [6, 6.07) is 15.9. The zero-order chi connectivity index (χ0) is 22.8. The number of hydrogen-bond acceptors (Lipinski definition) is 3. The van der Waals surface area contributed by atoms with Crippen LogP contribution in [-0.4, -0.2) is 35.1 Å². The normalized spacial score (nSPS) is 11.9. The van der Waals surface area contributed by atoms with Crippen molar-refractivity contribution in [1.29, 1.82) is 0 Å². The van der Waals surface area contributed by atoms with Gasteiger partial charge in [0.2, 0.25) is 11.8 Å². The van der Waals surface area contributed by atoms with Gasteiger partial charge in [0, 0.05) is 30.2 Å². The number of rotatable bonds is 11. The lowest BCUT2D eigenvalue weighted by atomic mass is 10.1. The van der Waals surface area contributed by atoms with E-state index in [1.165, 1.54) is 5.56 Å². The van der Waals surface area contributed by atoms with E-state index in [0.29, 0.717) is 37.6 Å². The maximum Gasteiger partial charge on any atom is 0.242 e. The molecule has 2 aromatic carbocycles. The van der Waals surface area contributed by atoms with Crippen molar-refractivity contribution in [2.75, 3.05) is 12.3 Å². The molecule has 4 nitrogen and oxygen atoms in total. The van der Waals surface area contributed by atoms with Crippen LogP contribution in [0.4, 0.5) is 0 Å². The molecule has 2 aromatic rings. The molecule has 1 atom stereocenters. The largest absolute Gasteiger partial charge is 0.354 e. The predicted octanol–water partition coefficient (Wildman–Crippen LogP) is 5.37. The Morgan fingerprint density at radius 3 is 2.32 bits per heavy atom. The van der Waals surface area contributed by atoms with Crippen LogP contribution in [0.3, 0.4) is 0 Å². The van der Waals surface area contributed by atoms with Gasteiger partial charge in [-0.15, -0.1) is 11.8 Å². The minimum absolute atomic E-state index is 0.0226. The van der Waals surface area contributed by atoms with E-state index < -0.39 is 6.04 Å². The number of amides is 2. The molecule has 0 aliphatic heterocycles. The second kappa shape index (κ2) is 12.6. The van der Waals surface area contributed by atoms with Gasteiger partial charge in [-0.25, -0.2) is 0 Å². The average Bonchev–Trinajstić information content (AvgIpc) is 2.74. The monoisotopic (exact) mass is 440 g/mol. The van der Waals surface area contributed by atoms with E-state index in [1.807, 2.05) is 38.1 Å². The van der Waals surface area contributed by atoms with E-state index in [1.54, 1.807) is 16.7 Å². The number of aryl methyl sites for hydroxylation is 2. The summed E-state index contributed by atoms with van der Waals surface area (Å²) in [5.41, 5.74) is 3.44. The smallest absolute Gasteiger partial charge is 0.242 e. The molecule has 0 radical (unpaired) electrons. The molecule has 0 saturated carbocycles. The van der Waals surface area contributed by atoms with Crippen LogP contribution in [-0.2, 0) is 16.1 Å². The fourth-order valence-corrected chi connectivity index (χ4v) is 4.19. The first-order chi connectivity index (χ1) is 14.8. The Labute approximate surface area is 191 Å². The van der Waals surface area contributed by atoms with Gasteiger partial charge in [-0.1, -0.05) is 62.7 Å². The molecule has 1 N–H and O–H groups in total. The van der Waals surface area contributed by atoms with E-state index in [-0.39, 0.29) is 11.8 Å². The first kappa shape index (κ1) is 25.0. The molecule has 0 spiro atoms. The molecule has 31 heavy (non-hydrogen) atoms. The van der Waals surface area contributed by atoms with Crippen LogP contribution >= 0.6 is 11.8 Å². The van der Waals surface area contributed by atoms with Crippen LogP contribution in [0.5, 0.6) is 0 Å². The highest BCUT2D eigenvalue weighted by molar-refractivity contribution is 7.99. The Balaban J connectivity index is 2.12. The summed E-state index contributed by atoms with van der Waals surface area (Å²) >= 11 is 1.68. The lowest BCUT2D eigenvalue weighted by molar-refractivity contribution is -0.141. The van der Waals surface area contributed by atoms with Crippen LogP contribution in [0.15, 0.2) is 53.4 Å². The lowest BCUT2D eigenvalue weighted by Crippen LogP contribution is -2.49. The molecular weight excluding hydrogens is 404 g/mol. The highest BCUT2D eigenvalue weighted by Crippen LogP contribution is 2.21. The van der Waals surface area contributed by atoms with Gasteiger partial charge in [0.1, 0.15) is 6.04 Å². The minimum atomic E-state index is -0.463. The van der Waals surface area contributed by atoms with Crippen molar-refractivity contribution < 1.29 is 9.59 Å². The van der Waals surface area contributed by atoms with Gasteiger partial charge in [0.15, 0.2) is 0 Å². The van der Waals surface area contributed by atoms with Crippen LogP contribution in [0.25, 0.3) is 0 Å². The summed E-state index contributed by atoms with van der Waals surface area (Å²) in [5.74, 6) is 1.02. The fraction of sp³-hybridized carbons (Fsp3) is 0.462. The number of hydrogen-bond donors (Lipinski definition) is 1. The third-order valence-corrected chi connectivity index (χ3v) is 6.29. The third kappa shape index (κ3) is 8.06. The van der Waals surface area contributed by atoms with Crippen molar-refractivity contribution in [3.05, 3.63) is 65.2 Å². The van der Waals surface area contributed by atoms with Crippen molar-refractivity contribution in [2.45, 2.75) is 64.9 Å².